The van der Waals surface area contributed by atoms with E-state index in [1.54, 1.807) is 0 Å². The molecule has 0 aliphatic heterocycles. The molecule has 1 nitrogen and oxygen atoms in total. The zero-order chi connectivity index (χ0) is 5.98. The van der Waals surface area contributed by atoms with Crippen molar-refractivity contribution in [2.45, 2.75) is 26.2 Å². The van der Waals surface area contributed by atoms with Gasteiger partial charge in [-0.05, 0) is 31.8 Å². The van der Waals surface area contributed by atoms with Crippen molar-refractivity contribution in [3.8, 4) is 0 Å². The van der Waals surface area contributed by atoms with Crippen LogP contribution in [0.15, 0.2) is 11.6 Å². The molecule has 1 heteroatoms. The van der Waals surface area contributed by atoms with Crippen LogP contribution in [0.25, 0.3) is 0 Å². The van der Waals surface area contributed by atoms with Gasteiger partial charge in [-0.3, -0.25) is 0 Å². The van der Waals surface area contributed by atoms with Crippen LogP contribution in [0.5, 0.6) is 0 Å². The molecule has 0 aromatic carbocycles. The van der Waals surface area contributed by atoms with Gasteiger partial charge in [-0.2, -0.15) is 0 Å². The third-order valence-corrected chi connectivity index (χ3v) is 1.52. The van der Waals surface area contributed by atoms with E-state index in [2.05, 4.69) is 6.08 Å². The first-order valence-corrected chi connectivity index (χ1v) is 3.05. The zero-order valence-electron chi connectivity index (χ0n) is 5.20. The molecule has 0 bridgehead atoms. The van der Waals surface area contributed by atoms with Crippen LogP contribution in [-0.4, -0.2) is 5.71 Å². The van der Waals surface area contributed by atoms with Gasteiger partial charge in [0.15, 0.2) is 0 Å². The monoisotopic (exact) mass is 109 g/mol. The SMILES string of the molecule is CC(=N)C1=CCCC1. The lowest BCUT2D eigenvalue weighted by Crippen LogP contribution is -1.89. The molecule has 44 valence electrons. The van der Waals surface area contributed by atoms with Crippen molar-refractivity contribution in [1.29, 1.82) is 5.41 Å². The van der Waals surface area contributed by atoms with Crippen molar-refractivity contribution in [1.82, 2.24) is 0 Å². The maximum atomic E-state index is 7.22. The van der Waals surface area contributed by atoms with Crippen molar-refractivity contribution in [3.63, 3.8) is 0 Å². The highest BCUT2D eigenvalue weighted by Crippen LogP contribution is 2.17. The summed E-state index contributed by atoms with van der Waals surface area (Å²) in [5.41, 5.74) is 2.01. The molecule has 0 saturated heterocycles. The Balaban J connectivity index is 2.57. The summed E-state index contributed by atoms with van der Waals surface area (Å²) in [6.07, 6.45) is 5.74. The molecule has 0 heterocycles. The summed E-state index contributed by atoms with van der Waals surface area (Å²) >= 11 is 0. The van der Waals surface area contributed by atoms with Gasteiger partial charge in [-0.15, -0.1) is 0 Å². The smallest absolute Gasteiger partial charge is 0.0311 e. The highest BCUT2D eigenvalue weighted by Gasteiger charge is 2.04. The molecule has 1 rings (SSSR count). The molecule has 1 N–H and O–H groups in total. The molecular formula is C7H11N. The third-order valence-electron chi connectivity index (χ3n) is 1.52. The number of allylic oxidation sites excluding steroid dienone is 2. The van der Waals surface area contributed by atoms with Gasteiger partial charge in [-0.25, -0.2) is 0 Å². The Morgan fingerprint density at radius 1 is 1.75 bits per heavy atom. The molecule has 0 spiro atoms. The largest absolute Gasteiger partial charge is 0.305 e. The lowest BCUT2D eigenvalue weighted by Gasteiger charge is -1.92. The Hall–Kier alpha value is -0.590. The second-order valence-electron chi connectivity index (χ2n) is 2.25. The minimum absolute atomic E-state index is 0.752. The molecule has 1 aliphatic rings. The van der Waals surface area contributed by atoms with E-state index in [0.29, 0.717) is 0 Å². The summed E-state index contributed by atoms with van der Waals surface area (Å²) in [6.45, 7) is 1.86. The first kappa shape index (κ1) is 5.54. The standard InChI is InChI=1S/C7H11N/c1-6(8)7-4-2-3-5-7/h4,8H,2-3,5H2,1H3. The fourth-order valence-electron chi connectivity index (χ4n) is 1.01. The summed E-state index contributed by atoms with van der Waals surface area (Å²) in [6, 6.07) is 0. The van der Waals surface area contributed by atoms with E-state index in [9.17, 15) is 0 Å². The Labute approximate surface area is 49.9 Å². The Morgan fingerprint density at radius 3 is 2.75 bits per heavy atom. The van der Waals surface area contributed by atoms with E-state index < -0.39 is 0 Å². The molecule has 0 aromatic heterocycles. The van der Waals surface area contributed by atoms with Crippen LogP contribution < -0.4 is 0 Å². The van der Waals surface area contributed by atoms with Gasteiger partial charge < -0.3 is 5.41 Å². The fraction of sp³-hybridized carbons (Fsp3) is 0.571. The van der Waals surface area contributed by atoms with Crippen molar-refractivity contribution in [2.75, 3.05) is 0 Å². The molecule has 0 fully saturated rings. The quantitative estimate of drug-likeness (QED) is 0.499. The van der Waals surface area contributed by atoms with Gasteiger partial charge in [0.25, 0.3) is 0 Å². The van der Waals surface area contributed by atoms with Crippen molar-refractivity contribution >= 4 is 5.71 Å². The van der Waals surface area contributed by atoms with Crippen LogP contribution in [0.3, 0.4) is 0 Å². The minimum atomic E-state index is 0.752. The number of nitrogens with one attached hydrogen (secondary N) is 1. The van der Waals surface area contributed by atoms with Gasteiger partial charge in [0.1, 0.15) is 0 Å². The second-order valence-corrected chi connectivity index (χ2v) is 2.25. The average molecular weight is 109 g/mol. The van der Waals surface area contributed by atoms with E-state index in [1.165, 1.54) is 18.4 Å². The molecule has 8 heavy (non-hydrogen) atoms. The molecule has 0 aromatic rings. The van der Waals surface area contributed by atoms with E-state index in [0.717, 1.165) is 12.1 Å². The van der Waals surface area contributed by atoms with Gasteiger partial charge in [0.05, 0.1) is 0 Å². The average Bonchev–Trinajstić information content (AvgIpc) is 2.12. The molecule has 0 atom stereocenters. The van der Waals surface area contributed by atoms with Crippen molar-refractivity contribution in [3.05, 3.63) is 11.6 Å². The van der Waals surface area contributed by atoms with Crippen LogP contribution in [-0.2, 0) is 0 Å². The van der Waals surface area contributed by atoms with Crippen LogP contribution in [0.4, 0.5) is 0 Å². The summed E-state index contributed by atoms with van der Waals surface area (Å²) in [5.74, 6) is 0. The number of hydrogen-bond donors (Lipinski definition) is 1. The summed E-state index contributed by atoms with van der Waals surface area (Å²) in [7, 11) is 0. The second kappa shape index (κ2) is 2.12. The normalized spacial score (nSPS) is 18.4. The first-order valence-electron chi connectivity index (χ1n) is 3.05. The predicted molar refractivity (Wildman–Crippen MR) is 35.3 cm³/mol. The maximum Gasteiger partial charge on any atom is 0.0311 e. The molecule has 0 saturated carbocycles. The van der Waals surface area contributed by atoms with Crippen LogP contribution in [0, 0.1) is 5.41 Å². The first-order chi connectivity index (χ1) is 3.80. The van der Waals surface area contributed by atoms with Gasteiger partial charge >= 0.3 is 0 Å². The molecule has 0 radical (unpaired) electrons. The van der Waals surface area contributed by atoms with Crippen LogP contribution in [0.2, 0.25) is 0 Å². The molecule has 0 amide bonds. The van der Waals surface area contributed by atoms with Gasteiger partial charge in [0.2, 0.25) is 0 Å². The minimum Gasteiger partial charge on any atom is -0.305 e. The zero-order valence-corrected chi connectivity index (χ0v) is 5.20. The highest BCUT2D eigenvalue weighted by molar-refractivity contribution is 5.95. The van der Waals surface area contributed by atoms with Gasteiger partial charge in [-0.1, -0.05) is 6.08 Å². The molecule has 0 unspecified atom stereocenters. The lowest BCUT2D eigenvalue weighted by molar-refractivity contribution is 0.919. The number of rotatable bonds is 1. The summed E-state index contributed by atoms with van der Waals surface area (Å²) in [5, 5.41) is 7.22. The van der Waals surface area contributed by atoms with Gasteiger partial charge in [0, 0.05) is 5.71 Å². The van der Waals surface area contributed by atoms with E-state index >= 15 is 0 Å². The highest BCUT2D eigenvalue weighted by atomic mass is 14.4. The lowest BCUT2D eigenvalue weighted by atomic mass is 10.2. The van der Waals surface area contributed by atoms with Crippen LogP contribution >= 0.6 is 0 Å². The van der Waals surface area contributed by atoms with Crippen molar-refractivity contribution in [2.24, 2.45) is 0 Å². The maximum absolute atomic E-state index is 7.22. The topological polar surface area (TPSA) is 23.9 Å². The Morgan fingerprint density at radius 2 is 2.50 bits per heavy atom. The molecule has 1 aliphatic carbocycles. The van der Waals surface area contributed by atoms with E-state index in [-0.39, 0.29) is 0 Å². The number of hydrogen-bond acceptors (Lipinski definition) is 1. The predicted octanol–water partition coefficient (Wildman–Crippen LogP) is 2.14. The van der Waals surface area contributed by atoms with E-state index in [1.807, 2.05) is 6.92 Å². The Kier molecular flexibility index (Phi) is 1.47. The van der Waals surface area contributed by atoms with Crippen LogP contribution in [0.1, 0.15) is 26.2 Å². The van der Waals surface area contributed by atoms with E-state index in [4.69, 9.17) is 5.41 Å². The third kappa shape index (κ3) is 0.971. The summed E-state index contributed by atoms with van der Waals surface area (Å²) in [4.78, 5) is 0. The summed E-state index contributed by atoms with van der Waals surface area (Å²) < 4.78 is 0. The van der Waals surface area contributed by atoms with Crippen molar-refractivity contribution < 1.29 is 0 Å². The molecular weight excluding hydrogens is 98.1 g/mol. The fourth-order valence-corrected chi connectivity index (χ4v) is 1.01. The Bertz CT molecular complexity index is 133.